The van der Waals surface area contributed by atoms with Gasteiger partial charge in [0.05, 0.1) is 6.10 Å². The minimum atomic E-state index is -4.54. The van der Waals surface area contributed by atoms with Gasteiger partial charge in [0.2, 0.25) is 0 Å². The lowest BCUT2D eigenvalue weighted by molar-refractivity contribution is -0.244. The van der Waals surface area contributed by atoms with Gasteiger partial charge in [0.15, 0.2) is 11.2 Å². The zero-order valence-electron chi connectivity index (χ0n) is 23.8. The summed E-state index contributed by atoms with van der Waals surface area (Å²) < 4.78 is 39.7. The number of hydrogen-bond acceptors (Lipinski definition) is 10. The number of aliphatic hydroxyl groups excluding tert-OH is 3. The molecule has 4 N–H and O–H groups in total. The molecule has 0 aliphatic carbocycles. The minimum Gasteiger partial charge on any atom is -0.456 e. The summed E-state index contributed by atoms with van der Waals surface area (Å²) in [7, 11) is -2.41. The molecular weight excluding hydrogens is 560 g/mol. The number of nitrogens with one attached hydrogen (secondary N) is 1. The maximum absolute atomic E-state index is 13.2. The van der Waals surface area contributed by atoms with Crippen LogP contribution in [0.25, 0.3) is 27.7 Å². The van der Waals surface area contributed by atoms with E-state index in [0.29, 0.717) is 12.2 Å². The van der Waals surface area contributed by atoms with E-state index in [1.165, 1.54) is 12.6 Å². The average molecular weight is 597 g/mol. The van der Waals surface area contributed by atoms with E-state index in [0.717, 1.165) is 42.5 Å². The highest BCUT2D eigenvalue weighted by Crippen LogP contribution is 2.32. The van der Waals surface area contributed by atoms with E-state index in [1.807, 2.05) is 18.2 Å². The van der Waals surface area contributed by atoms with E-state index >= 15 is 0 Å². The van der Waals surface area contributed by atoms with Crippen LogP contribution in [-0.4, -0.2) is 92.5 Å². The second-order valence-corrected chi connectivity index (χ2v) is 12.5. The van der Waals surface area contributed by atoms with Gasteiger partial charge in [0.25, 0.3) is 10.0 Å². The van der Waals surface area contributed by atoms with Crippen molar-refractivity contribution in [3.63, 3.8) is 0 Å². The zero-order chi connectivity index (χ0) is 30.2. The third-order valence-electron chi connectivity index (χ3n) is 8.08. The highest BCUT2D eigenvalue weighted by atomic mass is 32.2. The molecule has 1 unspecified atom stereocenters. The molecule has 0 bridgehead atoms. The first-order valence-electron chi connectivity index (χ1n) is 13.9. The molecule has 2 aliphatic heterocycles. The van der Waals surface area contributed by atoms with Gasteiger partial charge < -0.3 is 34.3 Å². The first-order valence-corrected chi connectivity index (χ1v) is 15.4. The topological polar surface area (TPSA) is 159 Å². The number of rotatable bonds is 7. The zero-order valence-corrected chi connectivity index (χ0v) is 24.6. The van der Waals surface area contributed by atoms with E-state index in [4.69, 9.17) is 9.15 Å². The third-order valence-corrected chi connectivity index (χ3v) is 9.59. The number of anilines is 1. The Hall–Kier alpha value is -3.28. The summed E-state index contributed by atoms with van der Waals surface area (Å²) in [4.78, 5) is 4.05. The number of hydrogen-bond donors (Lipinski definition) is 4. The Kier molecular flexibility index (Phi) is 8.73. The predicted octanol–water partition coefficient (Wildman–Crippen LogP) is 2.24. The Morgan fingerprint density at radius 3 is 2.40 bits per heavy atom. The molecule has 2 fully saturated rings. The van der Waals surface area contributed by atoms with E-state index < -0.39 is 45.6 Å². The lowest BCUT2D eigenvalue weighted by Gasteiger charge is -2.40. The maximum atomic E-state index is 13.2. The summed E-state index contributed by atoms with van der Waals surface area (Å²) in [5, 5.41) is 42.9. The van der Waals surface area contributed by atoms with Crippen molar-refractivity contribution in [1.29, 1.82) is 5.26 Å². The van der Waals surface area contributed by atoms with E-state index in [2.05, 4.69) is 39.8 Å². The van der Waals surface area contributed by atoms with Crippen LogP contribution in [0.5, 0.6) is 0 Å². The molecule has 0 saturated carbocycles. The van der Waals surface area contributed by atoms with Crippen LogP contribution >= 0.6 is 0 Å². The van der Waals surface area contributed by atoms with E-state index in [-0.39, 0.29) is 11.3 Å². The first kappa shape index (κ1) is 30.2. The first-order chi connectivity index (χ1) is 20.0. The van der Waals surface area contributed by atoms with Crippen LogP contribution < -0.4 is 9.62 Å². The molecule has 0 amide bonds. The van der Waals surface area contributed by atoms with Crippen LogP contribution in [0.2, 0.25) is 0 Å². The second-order valence-electron chi connectivity index (χ2n) is 10.9. The summed E-state index contributed by atoms with van der Waals surface area (Å²) in [5.74, 6) is 0.668. The van der Waals surface area contributed by atoms with Crippen molar-refractivity contribution in [2.75, 3.05) is 38.1 Å². The highest BCUT2D eigenvalue weighted by Gasteiger charge is 2.45. The van der Waals surface area contributed by atoms with Gasteiger partial charge in [-0.2, -0.15) is 9.98 Å². The number of furan rings is 1. The van der Waals surface area contributed by atoms with Crippen molar-refractivity contribution in [2.24, 2.45) is 0 Å². The van der Waals surface area contributed by atoms with Gasteiger partial charge in [-0.1, -0.05) is 25.1 Å². The van der Waals surface area contributed by atoms with Crippen molar-refractivity contribution < 1.29 is 32.9 Å². The third kappa shape index (κ3) is 5.95. The van der Waals surface area contributed by atoms with Crippen LogP contribution in [0.1, 0.15) is 26.0 Å². The van der Waals surface area contributed by atoms with Gasteiger partial charge >= 0.3 is 0 Å². The maximum Gasteiger partial charge on any atom is 0.251 e. The highest BCUT2D eigenvalue weighted by molar-refractivity contribution is 7.93. The molecule has 0 radical (unpaired) electrons. The summed E-state index contributed by atoms with van der Waals surface area (Å²) in [5.41, 5.74) is 2.02. The van der Waals surface area contributed by atoms with Crippen LogP contribution in [0.4, 0.5) is 5.69 Å². The standard InChI is InChI=1S/C30H36N4O7S/c1-4-23-28(35)29(36)27(30(37)41-23)32-42(38,39)26(17-31)18(2)24-9-10-25(40-24)21-6-5-20-16-22(8-7-19(20)15-21)34-13-11-33(3)12-14-34/h5-10,15-16,23,27-30,32,35-37H,4,11-14H2,1-3H3/b26-18+/t23-,27-,28-,29-,30?/m1/s1. The predicted molar refractivity (Wildman–Crippen MR) is 159 cm³/mol. The van der Waals surface area contributed by atoms with Gasteiger partial charge in [0.1, 0.15) is 35.8 Å². The van der Waals surface area contributed by atoms with Crippen LogP contribution in [-0.2, 0) is 14.8 Å². The Labute approximate surface area is 245 Å². The molecule has 0 spiro atoms. The van der Waals surface area contributed by atoms with Crippen LogP contribution in [0.15, 0.2) is 57.9 Å². The molecule has 5 rings (SSSR count). The fourth-order valence-electron chi connectivity index (χ4n) is 5.45. The summed E-state index contributed by atoms with van der Waals surface area (Å²) in [6.45, 7) is 7.14. The number of nitrogens with zero attached hydrogens (tertiary/aromatic N) is 3. The van der Waals surface area contributed by atoms with Crippen molar-refractivity contribution >= 4 is 32.1 Å². The Morgan fingerprint density at radius 1 is 1.02 bits per heavy atom. The number of sulfonamides is 1. The number of piperazine rings is 1. The lowest BCUT2D eigenvalue weighted by atomic mass is 9.96. The molecule has 2 saturated heterocycles. The summed E-state index contributed by atoms with van der Waals surface area (Å²) >= 11 is 0. The molecule has 2 aliphatic rings. The Balaban J connectivity index is 1.37. The Morgan fingerprint density at radius 2 is 1.71 bits per heavy atom. The molecule has 3 heterocycles. The van der Waals surface area contributed by atoms with Crippen molar-refractivity contribution in [3.05, 3.63) is 59.2 Å². The van der Waals surface area contributed by atoms with Crippen molar-refractivity contribution in [1.82, 2.24) is 9.62 Å². The lowest BCUT2D eigenvalue weighted by Crippen LogP contribution is -2.63. The number of fused-ring (bicyclic) bond motifs is 1. The van der Waals surface area contributed by atoms with Gasteiger partial charge in [-0.15, -0.1) is 0 Å². The number of benzene rings is 2. The molecule has 1 aromatic heterocycles. The average Bonchev–Trinajstić information content (AvgIpc) is 3.48. The van der Waals surface area contributed by atoms with Crippen LogP contribution in [0.3, 0.4) is 0 Å². The fraction of sp³-hybridized carbons (Fsp3) is 0.433. The monoisotopic (exact) mass is 596 g/mol. The second kappa shape index (κ2) is 12.1. The van der Waals surface area contributed by atoms with Gasteiger partial charge in [-0.05, 0) is 61.5 Å². The number of aliphatic hydroxyl groups is 3. The van der Waals surface area contributed by atoms with Gasteiger partial charge in [0, 0.05) is 43.0 Å². The summed E-state index contributed by atoms with van der Waals surface area (Å²) in [6.07, 6.45) is -5.35. The van der Waals surface area contributed by atoms with Gasteiger partial charge in [-0.25, -0.2) is 8.42 Å². The minimum absolute atomic E-state index is 0.0431. The number of likely N-dealkylation sites (N-methyl/N-ethyl adjacent to an activating group) is 1. The van der Waals surface area contributed by atoms with Crippen molar-refractivity contribution in [2.45, 2.75) is 50.9 Å². The molecular formula is C30H36N4O7S. The number of nitriles is 1. The van der Waals surface area contributed by atoms with E-state index in [9.17, 15) is 29.0 Å². The van der Waals surface area contributed by atoms with Crippen molar-refractivity contribution in [3.8, 4) is 17.4 Å². The molecule has 42 heavy (non-hydrogen) atoms. The summed E-state index contributed by atoms with van der Waals surface area (Å²) in [6, 6.07) is 15.7. The van der Waals surface area contributed by atoms with Gasteiger partial charge in [-0.3, -0.25) is 0 Å². The molecule has 5 atom stereocenters. The molecule has 12 heteroatoms. The molecule has 224 valence electrons. The number of allylic oxidation sites excluding steroid dienone is 2. The smallest absolute Gasteiger partial charge is 0.251 e. The largest absolute Gasteiger partial charge is 0.456 e. The molecule has 3 aromatic rings. The van der Waals surface area contributed by atoms with Crippen LogP contribution in [0, 0.1) is 11.3 Å². The fourth-order valence-corrected chi connectivity index (χ4v) is 6.80. The molecule has 11 nitrogen and oxygen atoms in total. The Bertz CT molecular complexity index is 1620. The molecule has 2 aromatic carbocycles. The van der Waals surface area contributed by atoms with E-state index in [1.54, 1.807) is 25.1 Å². The quantitative estimate of drug-likeness (QED) is 0.298. The SMILES string of the molecule is CC[C@H]1OC(O)[C@H](NS(=O)(=O)/C(C#N)=C(\C)c2ccc(-c3ccc4cc(N5CCN(C)CC5)ccc4c3)o2)[C@@H](O)[C@@H]1O. The number of ether oxygens (including phenoxy) is 1. The normalized spacial score (nSPS) is 26.2.